The van der Waals surface area contributed by atoms with Crippen LogP contribution in [-0.2, 0) is 9.53 Å². The van der Waals surface area contributed by atoms with Crippen LogP contribution in [0.2, 0.25) is 0 Å². The SMILES string of the molecule is CCOC(=O)CNc1nc(-c2ccccc2)nc2[nH]c(C)cc12. The molecule has 6 heteroatoms. The van der Waals surface area contributed by atoms with Crippen molar-refractivity contribution in [2.45, 2.75) is 13.8 Å². The summed E-state index contributed by atoms with van der Waals surface area (Å²) < 4.78 is 4.94. The second-order valence-corrected chi connectivity index (χ2v) is 5.14. The summed E-state index contributed by atoms with van der Waals surface area (Å²) in [6.45, 7) is 4.17. The van der Waals surface area contributed by atoms with E-state index < -0.39 is 0 Å². The van der Waals surface area contributed by atoms with E-state index in [-0.39, 0.29) is 12.5 Å². The lowest BCUT2D eigenvalue weighted by Crippen LogP contribution is -2.17. The maximum atomic E-state index is 11.6. The van der Waals surface area contributed by atoms with Crippen molar-refractivity contribution in [1.29, 1.82) is 0 Å². The number of nitrogens with zero attached hydrogens (tertiary/aromatic N) is 2. The third-order valence-corrected chi connectivity index (χ3v) is 3.36. The lowest BCUT2D eigenvalue weighted by atomic mass is 10.2. The van der Waals surface area contributed by atoms with Gasteiger partial charge in [0.05, 0.1) is 12.0 Å². The van der Waals surface area contributed by atoms with Crippen LogP contribution in [0.3, 0.4) is 0 Å². The highest BCUT2D eigenvalue weighted by molar-refractivity contribution is 5.90. The number of H-pyrrole nitrogens is 1. The fourth-order valence-corrected chi connectivity index (χ4v) is 2.36. The zero-order chi connectivity index (χ0) is 16.2. The summed E-state index contributed by atoms with van der Waals surface area (Å²) in [7, 11) is 0. The summed E-state index contributed by atoms with van der Waals surface area (Å²) in [5, 5.41) is 3.90. The fourth-order valence-electron chi connectivity index (χ4n) is 2.36. The third kappa shape index (κ3) is 3.31. The van der Waals surface area contributed by atoms with Crippen molar-refractivity contribution in [3.8, 4) is 11.4 Å². The molecule has 0 aliphatic carbocycles. The average molecular weight is 310 g/mol. The van der Waals surface area contributed by atoms with Gasteiger partial charge in [-0.05, 0) is 19.9 Å². The third-order valence-electron chi connectivity index (χ3n) is 3.36. The number of aromatic amines is 1. The second-order valence-electron chi connectivity index (χ2n) is 5.14. The number of rotatable bonds is 5. The number of carbonyl (C=O) groups excluding carboxylic acids is 1. The van der Waals surface area contributed by atoms with Crippen LogP contribution < -0.4 is 5.32 Å². The zero-order valence-electron chi connectivity index (χ0n) is 13.1. The molecule has 0 aliphatic rings. The highest BCUT2D eigenvalue weighted by atomic mass is 16.5. The van der Waals surface area contributed by atoms with E-state index in [9.17, 15) is 4.79 Å². The highest BCUT2D eigenvalue weighted by Gasteiger charge is 2.12. The predicted molar refractivity (Wildman–Crippen MR) is 89.2 cm³/mol. The summed E-state index contributed by atoms with van der Waals surface area (Å²) in [6, 6.07) is 11.7. The van der Waals surface area contributed by atoms with Gasteiger partial charge in [0.2, 0.25) is 0 Å². The van der Waals surface area contributed by atoms with Gasteiger partial charge in [0.15, 0.2) is 5.82 Å². The molecule has 1 aromatic carbocycles. The maximum Gasteiger partial charge on any atom is 0.325 e. The lowest BCUT2D eigenvalue weighted by Gasteiger charge is -2.08. The molecule has 0 unspecified atom stereocenters. The Morgan fingerprint density at radius 2 is 2.04 bits per heavy atom. The molecule has 3 rings (SSSR count). The minimum atomic E-state index is -0.312. The van der Waals surface area contributed by atoms with Crippen molar-refractivity contribution in [3.05, 3.63) is 42.1 Å². The number of hydrogen-bond donors (Lipinski definition) is 2. The molecule has 0 amide bonds. The summed E-state index contributed by atoms with van der Waals surface area (Å²) in [5.41, 5.74) is 2.64. The fraction of sp³-hybridized carbons (Fsp3) is 0.235. The molecule has 0 fully saturated rings. The van der Waals surface area contributed by atoms with Gasteiger partial charge in [-0.15, -0.1) is 0 Å². The summed E-state index contributed by atoms with van der Waals surface area (Å²) >= 11 is 0. The molecule has 23 heavy (non-hydrogen) atoms. The molecule has 0 radical (unpaired) electrons. The molecule has 0 atom stereocenters. The van der Waals surface area contributed by atoms with Gasteiger partial charge in [-0.3, -0.25) is 4.79 Å². The van der Waals surface area contributed by atoms with E-state index in [4.69, 9.17) is 4.74 Å². The van der Waals surface area contributed by atoms with Crippen LogP contribution in [0.5, 0.6) is 0 Å². The van der Waals surface area contributed by atoms with Crippen LogP contribution in [-0.4, -0.2) is 34.1 Å². The lowest BCUT2D eigenvalue weighted by molar-refractivity contribution is -0.140. The Morgan fingerprint density at radius 1 is 1.26 bits per heavy atom. The Balaban J connectivity index is 1.99. The van der Waals surface area contributed by atoms with Crippen LogP contribution in [0.1, 0.15) is 12.6 Å². The second kappa shape index (κ2) is 6.48. The smallest absolute Gasteiger partial charge is 0.325 e. The first-order chi connectivity index (χ1) is 11.2. The molecular formula is C17H18N4O2. The number of benzene rings is 1. The number of carbonyl (C=O) groups is 1. The predicted octanol–water partition coefficient (Wildman–Crippen LogP) is 2.91. The van der Waals surface area contributed by atoms with Gasteiger partial charge in [-0.2, -0.15) is 0 Å². The van der Waals surface area contributed by atoms with Crippen LogP contribution in [0.25, 0.3) is 22.4 Å². The molecule has 0 aliphatic heterocycles. The van der Waals surface area contributed by atoms with E-state index in [1.807, 2.05) is 43.3 Å². The average Bonchev–Trinajstić information content (AvgIpc) is 2.94. The molecular weight excluding hydrogens is 292 g/mol. The summed E-state index contributed by atoms with van der Waals surface area (Å²) in [6.07, 6.45) is 0. The molecule has 0 spiro atoms. The van der Waals surface area contributed by atoms with Gasteiger partial charge < -0.3 is 15.0 Å². The number of aryl methyl sites for hydroxylation is 1. The normalized spacial score (nSPS) is 10.7. The molecule has 2 N–H and O–H groups in total. The molecule has 0 saturated carbocycles. The van der Waals surface area contributed by atoms with Gasteiger partial charge in [-0.1, -0.05) is 30.3 Å². The Bertz CT molecular complexity index is 827. The van der Waals surface area contributed by atoms with Gasteiger partial charge in [-0.25, -0.2) is 9.97 Å². The Labute approximate surface area is 133 Å². The zero-order valence-corrected chi connectivity index (χ0v) is 13.1. The molecule has 0 saturated heterocycles. The molecule has 0 bridgehead atoms. The van der Waals surface area contributed by atoms with Crippen LogP contribution in [0.4, 0.5) is 5.82 Å². The first kappa shape index (κ1) is 15.0. The summed E-state index contributed by atoms with van der Waals surface area (Å²) in [4.78, 5) is 23.9. The van der Waals surface area contributed by atoms with Crippen molar-refractivity contribution in [2.24, 2.45) is 0 Å². The van der Waals surface area contributed by atoms with Crippen molar-refractivity contribution in [2.75, 3.05) is 18.5 Å². The molecule has 118 valence electrons. The van der Waals surface area contributed by atoms with E-state index in [1.54, 1.807) is 6.92 Å². The molecule has 2 heterocycles. The Kier molecular flexibility index (Phi) is 4.23. The van der Waals surface area contributed by atoms with Crippen molar-refractivity contribution in [3.63, 3.8) is 0 Å². The molecule has 3 aromatic rings. The van der Waals surface area contributed by atoms with E-state index in [0.717, 1.165) is 22.3 Å². The number of aromatic nitrogens is 3. The number of hydrogen-bond acceptors (Lipinski definition) is 5. The summed E-state index contributed by atoms with van der Waals surface area (Å²) in [5.74, 6) is 0.908. The van der Waals surface area contributed by atoms with E-state index in [2.05, 4.69) is 20.3 Å². The quantitative estimate of drug-likeness (QED) is 0.708. The van der Waals surface area contributed by atoms with Gasteiger partial charge >= 0.3 is 5.97 Å². The van der Waals surface area contributed by atoms with E-state index >= 15 is 0 Å². The Morgan fingerprint density at radius 3 is 2.78 bits per heavy atom. The van der Waals surface area contributed by atoms with Crippen molar-refractivity contribution in [1.82, 2.24) is 15.0 Å². The van der Waals surface area contributed by atoms with Crippen LogP contribution in [0.15, 0.2) is 36.4 Å². The molecule has 2 aromatic heterocycles. The van der Waals surface area contributed by atoms with Crippen molar-refractivity contribution < 1.29 is 9.53 Å². The topological polar surface area (TPSA) is 79.9 Å². The minimum Gasteiger partial charge on any atom is -0.465 e. The van der Waals surface area contributed by atoms with Gasteiger partial charge in [0.1, 0.15) is 18.0 Å². The highest BCUT2D eigenvalue weighted by Crippen LogP contribution is 2.25. The largest absolute Gasteiger partial charge is 0.465 e. The number of fused-ring (bicyclic) bond motifs is 1. The standard InChI is InChI=1S/C17H18N4O2/c1-3-23-14(22)10-18-16-13-9-11(2)19-17(13)21-15(20-16)12-7-5-4-6-8-12/h4-9H,3,10H2,1-2H3,(H2,18,19,20,21). The van der Waals surface area contributed by atoms with Crippen LogP contribution in [0, 0.1) is 6.92 Å². The number of anilines is 1. The van der Waals surface area contributed by atoms with Crippen LogP contribution >= 0.6 is 0 Å². The van der Waals surface area contributed by atoms with Gasteiger partial charge in [0.25, 0.3) is 0 Å². The Hall–Kier alpha value is -2.89. The monoisotopic (exact) mass is 310 g/mol. The number of ether oxygens (including phenoxy) is 1. The molecule has 6 nitrogen and oxygen atoms in total. The number of esters is 1. The first-order valence-corrected chi connectivity index (χ1v) is 7.49. The maximum absolute atomic E-state index is 11.6. The van der Waals surface area contributed by atoms with Crippen molar-refractivity contribution >= 4 is 22.8 Å². The van der Waals surface area contributed by atoms with E-state index in [1.165, 1.54) is 0 Å². The van der Waals surface area contributed by atoms with Gasteiger partial charge in [0, 0.05) is 11.3 Å². The van der Waals surface area contributed by atoms with E-state index in [0.29, 0.717) is 18.2 Å². The minimum absolute atomic E-state index is 0.0679. The first-order valence-electron chi connectivity index (χ1n) is 7.49. The number of nitrogens with one attached hydrogen (secondary N) is 2.